The Hall–Kier alpha value is -6.07. The number of aromatic nitrogens is 3. The lowest BCUT2D eigenvalue weighted by molar-refractivity contribution is 0.477. The maximum Gasteiger partial charge on any atom is 0.163 e. The van der Waals surface area contributed by atoms with Gasteiger partial charge in [0.1, 0.15) is 5.82 Å². The summed E-state index contributed by atoms with van der Waals surface area (Å²) in [5.41, 5.74) is 8.28. The van der Waals surface area contributed by atoms with Crippen molar-refractivity contribution < 1.29 is 4.74 Å². The van der Waals surface area contributed by atoms with Crippen molar-refractivity contribution in [2.45, 2.75) is 6.42 Å². The first-order valence-corrected chi connectivity index (χ1v) is 15.0. The quantitative estimate of drug-likeness (QED) is 0.196. The lowest BCUT2D eigenvalue weighted by Gasteiger charge is -2.34. The smallest absolute Gasteiger partial charge is 0.163 e. The number of ether oxygens (including phenoxy) is 1. The molecule has 0 amide bonds. The van der Waals surface area contributed by atoms with Gasteiger partial charge in [-0.05, 0) is 53.1 Å². The summed E-state index contributed by atoms with van der Waals surface area (Å²) in [6.45, 7) is 0. The second-order valence-corrected chi connectivity index (χ2v) is 10.9. The SMILES string of the molecule is c1ccc(-c2ccc(N3c4ccccc4Oc4ccccc43)c(Cc3nc(-c4ccccc4)nc(-c4ccccc4)n3)c2)cc1. The van der Waals surface area contributed by atoms with Crippen molar-refractivity contribution in [3.05, 3.63) is 169 Å². The third-order valence-electron chi connectivity index (χ3n) is 7.95. The van der Waals surface area contributed by atoms with E-state index in [9.17, 15) is 0 Å². The molecule has 0 fully saturated rings. The van der Waals surface area contributed by atoms with E-state index in [4.69, 9.17) is 19.7 Å². The van der Waals surface area contributed by atoms with Crippen LogP contribution in [0.3, 0.4) is 0 Å². The molecule has 0 spiro atoms. The Balaban J connectivity index is 1.32. The van der Waals surface area contributed by atoms with Crippen LogP contribution in [0.1, 0.15) is 11.4 Å². The number of fused-ring (bicyclic) bond motifs is 2. The van der Waals surface area contributed by atoms with Crippen molar-refractivity contribution in [1.29, 1.82) is 0 Å². The van der Waals surface area contributed by atoms with Gasteiger partial charge in [0.05, 0.1) is 17.1 Å². The predicted molar refractivity (Wildman–Crippen MR) is 180 cm³/mol. The normalized spacial score (nSPS) is 11.8. The third-order valence-corrected chi connectivity index (χ3v) is 7.95. The Morgan fingerprint density at radius 3 is 1.47 bits per heavy atom. The van der Waals surface area contributed by atoms with Crippen LogP contribution < -0.4 is 9.64 Å². The average molecular weight is 581 g/mol. The van der Waals surface area contributed by atoms with E-state index in [2.05, 4.69) is 59.5 Å². The van der Waals surface area contributed by atoms with Crippen molar-refractivity contribution in [2.24, 2.45) is 0 Å². The van der Waals surface area contributed by atoms with Crippen LogP contribution in [0, 0.1) is 0 Å². The molecule has 0 saturated carbocycles. The first kappa shape index (κ1) is 26.5. The van der Waals surface area contributed by atoms with Gasteiger partial charge in [-0.2, -0.15) is 0 Å². The van der Waals surface area contributed by atoms with Gasteiger partial charge in [-0.3, -0.25) is 0 Å². The molecule has 0 bridgehead atoms. The Morgan fingerprint density at radius 2 is 0.911 bits per heavy atom. The minimum Gasteiger partial charge on any atom is -0.453 e. The van der Waals surface area contributed by atoms with E-state index in [1.807, 2.05) is 103 Å². The summed E-state index contributed by atoms with van der Waals surface area (Å²) >= 11 is 0. The van der Waals surface area contributed by atoms with Gasteiger partial charge in [0, 0.05) is 17.5 Å². The predicted octanol–water partition coefficient (Wildman–Crippen LogP) is 10.0. The van der Waals surface area contributed by atoms with E-state index in [-0.39, 0.29) is 0 Å². The van der Waals surface area contributed by atoms with Crippen LogP contribution in [0.2, 0.25) is 0 Å². The summed E-state index contributed by atoms with van der Waals surface area (Å²) in [6, 6.07) is 53.7. The molecule has 8 rings (SSSR count). The molecular weight excluding hydrogens is 552 g/mol. The fourth-order valence-corrected chi connectivity index (χ4v) is 5.82. The third kappa shape index (κ3) is 5.21. The number of hydrogen-bond donors (Lipinski definition) is 0. The molecule has 0 atom stereocenters. The molecule has 2 heterocycles. The van der Waals surface area contributed by atoms with Gasteiger partial charge in [0.25, 0.3) is 0 Å². The maximum atomic E-state index is 6.34. The van der Waals surface area contributed by atoms with Crippen LogP contribution >= 0.6 is 0 Å². The van der Waals surface area contributed by atoms with E-state index in [0.29, 0.717) is 23.9 Å². The van der Waals surface area contributed by atoms with Gasteiger partial charge in [-0.1, -0.05) is 121 Å². The zero-order valence-corrected chi connectivity index (χ0v) is 24.4. The first-order valence-electron chi connectivity index (χ1n) is 15.0. The molecule has 5 nitrogen and oxygen atoms in total. The highest BCUT2D eigenvalue weighted by molar-refractivity contribution is 5.88. The van der Waals surface area contributed by atoms with Crippen LogP contribution in [-0.4, -0.2) is 15.0 Å². The van der Waals surface area contributed by atoms with Gasteiger partial charge in [-0.15, -0.1) is 0 Å². The Kier molecular flexibility index (Phi) is 6.81. The highest BCUT2D eigenvalue weighted by atomic mass is 16.5. The van der Waals surface area contributed by atoms with Crippen LogP contribution in [0.15, 0.2) is 158 Å². The summed E-state index contributed by atoms with van der Waals surface area (Å²) in [5.74, 6) is 3.63. The minimum atomic E-state index is 0.500. The van der Waals surface area contributed by atoms with Gasteiger partial charge >= 0.3 is 0 Å². The van der Waals surface area contributed by atoms with Gasteiger partial charge < -0.3 is 9.64 Å². The van der Waals surface area contributed by atoms with E-state index >= 15 is 0 Å². The lowest BCUT2D eigenvalue weighted by atomic mass is 9.98. The molecule has 1 aliphatic heterocycles. The number of hydrogen-bond acceptors (Lipinski definition) is 5. The maximum absolute atomic E-state index is 6.34. The molecule has 1 aromatic heterocycles. The van der Waals surface area contributed by atoms with Crippen molar-refractivity contribution >= 4 is 17.1 Å². The van der Waals surface area contributed by atoms with Crippen LogP contribution in [0.4, 0.5) is 17.1 Å². The molecule has 0 N–H and O–H groups in total. The van der Waals surface area contributed by atoms with Crippen LogP contribution in [0.5, 0.6) is 11.5 Å². The number of nitrogens with zero attached hydrogens (tertiary/aromatic N) is 4. The molecule has 5 heteroatoms. The molecule has 0 saturated heterocycles. The molecule has 45 heavy (non-hydrogen) atoms. The molecule has 6 aromatic carbocycles. The summed E-state index contributed by atoms with van der Waals surface area (Å²) in [6.07, 6.45) is 0.500. The number of rotatable bonds is 6. The summed E-state index contributed by atoms with van der Waals surface area (Å²) < 4.78 is 6.34. The standard InChI is InChI=1S/C40H28N4O/c1-4-14-28(15-5-1)31-24-25-33(44-34-20-10-12-22-36(34)45-37-23-13-11-21-35(37)44)32(26-31)27-38-41-39(29-16-6-2-7-17-29)43-40(42-38)30-18-8-3-9-19-30/h1-26H,27H2. The van der Waals surface area contributed by atoms with Crippen molar-refractivity contribution in [2.75, 3.05) is 4.90 Å². The summed E-state index contributed by atoms with van der Waals surface area (Å²) in [5, 5.41) is 0. The summed E-state index contributed by atoms with van der Waals surface area (Å²) in [4.78, 5) is 17.3. The van der Waals surface area contributed by atoms with E-state index < -0.39 is 0 Å². The number of anilines is 3. The molecule has 0 radical (unpaired) electrons. The lowest BCUT2D eigenvalue weighted by Crippen LogP contribution is -2.17. The zero-order valence-electron chi connectivity index (χ0n) is 24.4. The van der Waals surface area contributed by atoms with Crippen molar-refractivity contribution in [3.8, 4) is 45.4 Å². The second-order valence-electron chi connectivity index (χ2n) is 10.9. The highest BCUT2D eigenvalue weighted by Crippen LogP contribution is 2.51. The van der Waals surface area contributed by atoms with Crippen LogP contribution in [0.25, 0.3) is 33.9 Å². The first-order chi connectivity index (χ1) is 22.3. The fraction of sp³-hybridized carbons (Fsp3) is 0.0250. The molecule has 0 aliphatic carbocycles. The second kappa shape index (κ2) is 11.5. The Labute approximate surface area is 262 Å². The van der Waals surface area contributed by atoms with E-state index in [1.165, 1.54) is 0 Å². The molecule has 214 valence electrons. The Bertz CT molecular complexity index is 2010. The minimum absolute atomic E-state index is 0.500. The topological polar surface area (TPSA) is 51.1 Å². The number of para-hydroxylation sites is 4. The Morgan fingerprint density at radius 1 is 0.422 bits per heavy atom. The largest absolute Gasteiger partial charge is 0.453 e. The molecule has 1 aliphatic rings. The summed E-state index contributed by atoms with van der Waals surface area (Å²) in [7, 11) is 0. The van der Waals surface area contributed by atoms with Crippen LogP contribution in [-0.2, 0) is 6.42 Å². The molecule has 7 aromatic rings. The van der Waals surface area contributed by atoms with Crippen molar-refractivity contribution in [1.82, 2.24) is 15.0 Å². The van der Waals surface area contributed by atoms with Gasteiger partial charge in [0.15, 0.2) is 23.1 Å². The van der Waals surface area contributed by atoms with E-state index in [0.717, 1.165) is 56.4 Å². The van der Waals surface area contributed by atoms with Gasteiger partial charge in [0.2, 0.25) is 0 Å². The van der Waals surface area contributed by atoms with E-state index in [1.54, 1.807) is 0 Å². The number of benzene rings is 6. The fourth-order valence-electron chi connectivity index (χ4n) is 5.82. The molecule has 0 unspecified atom stereocenters. The van der Waals surface area contributed by atoms with Gasteiger partial charge in [-0.25, -0.2) is 15.0 Å². The average Bonchev–Trinajstić information content (AvgIpc) is 3.12. The zero-order chi connectivity index (χ0) is 30.0. The monoisotopic (exact) mass is 580 g/mol. The molecular formula is C40H28N4O. The van der Waals surface area contributed by atoms with Crippen molar-refractivity contribution in [3.63, 3.8) is 0 Å². The highest BCUT2D eigenvalue weighted by Gasteiger charge is 2.27.